The van der Waals surface area contributed by atoms with Gasteiger partial charge in [-0.05, 0) is 43.2 Å². The van der Waals surface area contributed by atoms with Crippen molar-refractivity contribution in [1.29, 1.82) is 0 Å². The third-order valence-electron chi connectivity index (χ3n) is 5.22. The minimum Gasteiger partial charge on any atom is -0.356 e. The number of halogens is 2. The molecule has 0 atom stereocenters. The molecule has 0 spiro atoms. The van der Waals surface area contributed by atoms with E-state index in [-0.39, 0.29) is 17.2 Å². The molecule has 0 saturated heterocycles. The van der Waals surface area contributed by atoms with Crippen LogP contribution in [0.4, 0.5) is 0 Å². The summed E-state index contributed by atoms with van der Waals surface area (Å²) in [5, 5.41) is 3.90. The molecular weight excluding hydrogens is 471 g/mol. The fourth-order valence-corrected chi connectivity index (χ4v) is 4.80. The number of hydrogen-bond donors (Lipinski definition) is 1. The number of aryl methyl sites for hydroxylation is 2. The van der Waals surface area contributed by atoms with Crippen LogP contribution in [0.25, 0.3) is 11.0 Å². The highest BCUT2D eigenvalue weighted by Gasteiger charge is 2.19. The molecule has 172 valence electrons. The molecule has 10 heteroatoms. The number of sulfonamides is 1. The maximum Gasteiger partial charge on any atom is 0.242 e. The van der Waals surface area contributed by atoms with Gasteiger partial charge in [0.05, 0.1) is 26.0 Å². The van der Waals surface area contributed by atoms with Crippen molar-refractivity contribution in [2.75, 3.05) is 20.6 Å². The average molecular weight is 497 g/mol. The summed E-state index contributed by atoms with van der Waals surface area (Å²) in [7, 11) is -0.552. The minimum atomic E-state index is -3.54. The Kier molecular flexibility index (Phi) is 7.82. The number of hydrogen-bond acceptors (Lipinski definition) is 4. The molecule has 2 aromatic carbocycles. The van der Waals surface area contributed by atoms with Gasteiger partial charge >= 0.3 is 0 Å². The van der Waals surface area contributed by atoms with E-state index in [0.717, 1.165) is 16.9 Å². The van der Waals surface area contributed by atoms with Gasteiger partial charge in [-0.15, -0.1) is 0 Å². The number of nitrogens with zero attached hydrogens (tertiary/aromatic N) is 3. The minimum absolute atomic E-state index is 0.0891. The van der Waals surface area contributed by atoms with Crippen LogP contribution in [-0.4, -0.2) is 48.8 Å². The lowest BCUT2D eigenvalue weighted by molar-refractivity contribution is -0.121. The molecule has 0 aliphatic heterocycles. The maximum atomic E-state index is 12.4. The van der Waals surface area contributed by atoms with Crippen LogP contribution in [0.3, 0.4) is 0 Å². The van der Waals surface area contributed by atoms with Crippen LogP contribution in [0, 0.1) is 0 Å². The van der Waals surface area contributed by atoms with Gasteiger partial charge in [-0.3, -0.25) is 4.79 Å². The largest absolute Gasteiger partial charge is 0.356 e. The fraction of sp³-hybridized carbons (Fsp3) is 0.364. The van der Waals surface area contributed by atoms with E-state index in [9.17, 15) is 13.2 Å². The van der Waals surface area contributed by atoms with Crippen molar-refractivity contribution in [3.8, 4) is 0 Å². The summed E-state index contributed by atoms with van der Waals surface area (Å²) in [4.78, 5) is 17.1. The highest BCUT2D eigenvalue weighted by molar-refractivity contribution is 7.89. The van der Waals surface area contributed by atoms with Gasteiger partial charge in [0, 0.05) is 40.0 Å². The van der Waals surface area contributed by atoms with Crippen LogP contribution in [-0.2, 0) is 34.2 Å². The van der Waals surface area contributed by atoms with E-state index < -0.39 is 10.0 Å². The summed E-state index contributed by atoms with van der Waals surface area (Å²) < 4.78 is 28.0. The third kappa shape index (κ3) is 5.26. The zero-order chi connectivity index (χ0) is 23.5. The van der Waals surface area contributed by atoms with E-state index in [2.05, 4.69) is 10.3 Å². The second kappa shape index (κ2) is 10.2. The number of amides is 1. The third-order valence-corrected chi connectivity index (χ3v) is 7.89. The molecule has 0 saturated carbocycles. The van der Waals surface area contributed by atoms with Crippen molar-refractivity contribution < 1.29 is 13.2 Å². The second-order valence-electron chi connectivity index (χ2n) is 7.52. The molecule has 7 nitrogen and oxygen atoms in total. The standard InChI is InChI=1S/C22H26Cl2N4O3S/c1-4-28-19-9-8-16(32(30,31)27(2)3)14-18(19)26-20(28)10-11-21(29)25-13-12-15-6-5-7-17(23)22(15)24/h5-9,14H,4,10-13H2,1-3H3,(H,25,29). The lowest BCUT2D eigenvalue weighted by Gasteiger charge is -2.11. The molecule has 1 N–H and O–H groups in total. The molecule has 0 radical (unpaired) electrons. The molecule has 0 bridgehead atoms. The molecule has 0 aliphatic rings. The summed E-state index contributed by atoms with van der Waals surface area (Å²) in [5.74, 6) is 0.656. The van der Waals surface area contributed by atoms with Gasteiger partial charge < -0.3 is 9.88 Å². The zero-order valence-electron chi connectivity index (χ0n) is 18.2. The molecule has 0 fully saturated rings. The van der Waals surface area contributed by atoms with Crippen LogP contribution >= 0.6 is 23.2 Å². The summed E-state index contributed by atoms with van der Waals surface area (Å²) in [6.45, 7) is 3.11. The van der Waals surface area contributed by atoms with Crippen molar-refractivity contribution in [3.05, 3.63) is 57.8 Å². The lowest BCUT2D eigenvalue weighted by atomic mass is 10.1. The van der Waals surface area contributed by atoms with Gasteiger partial charge in [0.2, 0.25) is 15.9 Å². The molecule has 3 aromatic rings. The molecule has 1 heterocycles. The molecule has 1 amide bonds. The Hall–Kier alpha value is -2.13. The van der Waals surface area contributed by atoms with Crippen LogP contribution in [0.2, 0.25) is 10.0 Å². The van der Waals surface area contributed by atoms with Gasteiger partial charge in [0.1, 0.15) is 5.82 Å². The first-order valence-corrected chi connectivity index (χ1v) is 12.5. The van der Waals surface area contributed by atoms with Gasteiger partial charge in [-0.2, -0.15) is 0 Å². The summed E-state index contributed by atoms with van der Waals surface area (Å²) >= 11 is 12.2. The van der Waals surface area contributed by atoms with Crippen molar-refractivity contribution in [2.45, 2.75) is 37.6 Å². The van der Waals surface area contributed by atoms with Crippen molar-refractivity contribution in [1.82, 2.24) is 19.2 Å². The monoisotopic (exact) mass is 496 g/mol. The molecule has 32 heavy (non-hydrogen) atoms. The Bertz CT molecular complexity index is 1240. The Morgan fingerprint density at radius 3 is 2.59 bits per heavy atom. The van der Waals surface area contributed by atoms with Crippen molar-refractivity contribution in [2.24, 2.45) is 0 Å². The Morgan fingerprint density at radius 2 is 1.91 bits per heavy atom. The topological polar surface area (TPSA) is 84.3 Å². The first-order chi connectivity index (χ1) is 15.1. The highest BCUT2D eigenvalue weighted by Crippen LogP contribution is 2.26. The SMILES string of the molecule is CCn1c(CCC(=O)NCCc2cccc(Cl)c2Cl)nc2cc(S(=O)(=O)N(C)C)ccc21. The van der Waals surface area contributed by atoms with Gasteiger partial charge in [0.25, 0.3) is 0 Å². The number of carbonyl (C=O) groups is 1. The maximum absolute atomic E-state index is 12.4. The normalized spacial score (nSPS) is 11.9. The van der Waals surface area contributed by atoms with E-state index in [1.165, 1.54) is 18.4 Å². The van der Waals surface area contributed by atoms with Gasteiger partial charge in [-0.25, -0.2) is 17.7 Å². The predicted octanol–water partition coefficient (Wildman–Crippen LogP) is 3.90. The van der Waals surface area contributed by atoms with E-state index in [1.54, 1.807) is 24.3 Å². The van der Waals surface area contributed by atoms with Gasteiger partial charge in [0.15, 0.2) is 0 Å². The average Bonchev–Trinajstić information content (AvgIpc) is 3.11. The number of imidazole rings is 1. The summed E-state index contributed by atoms with van der Waals surface area (Å²) in [6.07, 6.45) is 1.30. The first-order valence-electron chi connectivity index (χ1n) is 10.3. The van der Waals surface area contributed by atoms with E-state index in [0.29, 0.717) is 41.5 Å². The Morgan fingerprint density at radius 1 is 1.16 bits per heavy atom. The van der Waals surface area contributed by atoms with E-state index in [4.69, 9.17) is 23.2 Å². The highest BCUT2D eigenvalue weighted by atomic mass is 35.5. The number of fused-ring (bicyclic) bond motifs is 1. The zero-order valence-corrected chi connectivity index (χ0v) is 20.6. The number of benzene rings is 2. The predicted molar refractivity (Wildman–Crippen MR) is 128 cm³/mol. The van der Waals surface area contributed by atoms with Crippen LogP contribution in [0.1, 0.15) is 24.7 Å². The van der Waals surface area contributed by atoms with Crippen molar-refractivity contribution >= 4 is 50.2 Å². The van der Waals surface area contributed by atoms with Gasteiger partial charge in [-0.1, -0.05) is 35.3 Å². The fourth-order valence-electron chi connectivity index (χ4n) is 3.47. The quantitative estimate of drug-likeness (QED) is 0.486. The van der Waals surface area contributed by atoms with E-state index in [1.807, 2.05) is 23.6 Å². The number of aromatic nitrogens is 2. The second-order valence-corrected chi connectivity index (χ2v) is 10.5. The molecular formula is C22H26Cl2N4O3S. The van der Waals surface area contributed by atoms with Crippen LogP contribution in [0.5, 0.6) is 0 Å². The summed E-state index contributed by atoms with van der Waals surface area (Å²) in [6, 6.07) is 10.4. The Labute approximate surface area is 198 Å². The molecule has 1 aromatic heterocycles. The van der Waals surface area contributed by atoms with Crippen LogP contribution < -0.4 is 5.32 Å². The smallest absolute Gasteiger partial charge is 0.242 e. The first kappa shape index (κ1) is 24.5. The molecule has 0 unspecified atom stereocenters. The lowest BCUT2D eigenvalue weighted by Crippen LogP contribution is -2.26. The van der Waals surface area contributed by atoms with E-state index >= 15 is 0 Å². The Balaban J connectivity index is 1.66. The molecule has 3 rings (SSSR count). The molecule has 0 aliphatic carbocycles. The van der Waals surface area contributed by atoms with Crippen molar-refractivity contribution in [3.63, 3.8) is 0 Å². The number of rotatable bonds is 9. The summed E-state index contributed by atoms with van der Waals surface area (Å²) in [5.41, 5.74) is 2.33. The van der Waals surface area contributed by atoms with Crippen LogP contribution in [0.15, 0.2) is 41.3 Å². The number of carbonyl (C=O) groups excluding carboxylic acids is 1. The number of nitrogens with one attached hydrogen (secondary N) is 1.